The van der Waals surface area contributed by atoms with Gasteiger partial charge in [-0.05, 0) is 17.7 Å². The minimum absolute atomic E-state index is 0.0730. The summed E-state index contributed by atoms with van der Waals surface area (Å²) in [5, 5.41) is 1.24. The summed E-state index contributed by atoms with van der Waals surface area (Å²) in [5.74, 6) is 5.16. The summed E-state index contributed by atoms with van der Waals surface area (Å²) in [6.45, 7) is 4.76. The van der Waals surface area contributed by atoms with Crippen LogP contribution in [0.15, 0.2) is 30.5 Å². The van der Waals surface area contributed by atoms with E-state index in [-0.39, 0.29) is 5.41 Å². The van der Waals surface area contributed by atoms with Crippen LogP contribution in [-0.4, -0.2) is 11.6 Å². The van der Waals surface area contributed by atoms with Gasteiger partial charge in [-0.2, -0.15) is 0 Å². The first kappa shape index (κ1) is 10.2. The average molecular weight is 204 g/mol. The van der Waals surface area contributed by atoms with Gasteiger partial charge in [0.25, 0.3) is 0 Å². The average Bonchev–Trinajstić information content (AvgIpc) is 2.64. The third kappa shape index (κ3) is 1.76. The van der Waals surface area contributed by atoms with E-state index in [2.05, 4.69) is 37.0 Å². The Morgan fingerprint density at radius 1 is 1.33 bits per heavy atom. The molecule has 15 heavy (non-hydrogen) atoms. The molecule has 0 aliphatic rings. The summed E-state index contributed by atoms with van der Waals surface area (Å²) < 4.78 is 0. The van der Waals surface area contributed by atoms with Crippen LogP contribution in [0.3, 0.4) is 0 Å². The van der Waals surface area contributed by atoms with E-state index in [1.165, 1.54) is 10.9 Å². The molecular weight excluding hydrogens is 188 g/mol. The van der Waals surface area contributed by atoms with Crippen molar-refractivity contribution in [1.29, 1.82) is 0 Å². The van der Waals surface area contributed by atoms with Crippen molar-refractivity contribution in [3.05, 3.63) is 36.0 Å². The van der Waals surface area contributed by atoms with E-state index < -0.39 is 0 Å². The van der Waals surface area contributed by atoms with Crippen LogP contribution >= 0.6 is 0 Å². The molecule has 0 bridgehead atoms. The van der Waals surface area contributed by atoms with Crippen molar-refractivity contribution in [1.82, 2.24) is 4.98 Å². The van der Waals surface area contributed by atoms with Crippen molar-refractivity contribution in [2.24, 2.45) is 5.90 Å². The number of nitrogens with one attached hydrogen (secondary N) is 1. The molecule has 0 unspecified atom stereocenters. The fraction of sp³-hybridized carbons (Fsp3) is 0.333. The third-order valence-electron chi connectivity index (χ3n) is 2.77. The standard InChI is InChI=1S/C12H16N2O/c1-12(2,8-15-13)10-4-3-5-11-9(10)6-7-14-11/h3-7,14H,8,13H2,1-2H3. The molecule has 0 aliphatic carbocycles. The Morgan fingerprint density at radius 3 is 2.87 bits per heavy atom. The van der Waals surface area contributed by atoms with E-state index in [1.807, 2.05) is 12.3 Å². The fourth-order valence-corrected chi connectivity index (χ4v) is 1.96. The maximum absolute atomic E-state index is 5.16. The van der Waals surface area contributed by atoms with E-state index in [0.717, 1.165) is 5.52 Å². The first-order chi connectivity index (χ1) is 7.15. The fourth-order valence-electron chi connectivity index (χ4n) is 1.96. The smallest absolute Gasteiger partial charge is 0.0770 e. The van der Waals surface area contributed by atoms with Crippen LogP contribution in [-0.2, 0) is 10.3 Å². The highest BCUT2D eigenvalue weighted by atomic mass is 16.6. The number of benzene rings is 1. The second-order valence-electron chi connectivity index (χ2n) is 4.44. The zero-order valence-corrected chi connectivity index (χ0v) is 9.08. The predicted octanol–water partition coefficient (Wildman–Crippen LogP) is 2.34. The Bertz CT molecular complexity index is 459. The van der Waals surface area contributed by atoms with Gasteiger partial charge in [0.2, 0.25) is 0 Å². The quantitative estimate of drug-likeness (QED) is 0.754. The number of nitrogens with two attached hydrogens (primary N) is 1. The summed E-state index contributed by atoms with van der Waals surface area (Å²) in [6.07, 6.45) is 1.95. The second-order valence-corrected chi connectivity index (χ2v) is 4.44. The van der Waals surface area contributed by atoms with Crippen molar-refractivity contribution < 1.29 is 4.84 Å². The van der Waals surface area contributed by atoms with Crippen LogP contribution in [0.5, 0.6) is 0 Å². The van der Waals surface area contributed by atoms with Gasteiger partial charge in [-0.1, -0.05) is 26.0 Å². The number of rotatable bonds is 3. The Kier molecular flexibility index (Phi) is 2.50. The van der Waals surface area contributed by atoms with Gasteiger partial charge >= 0.3 is 0 Å². The van der Waals surface area contributed by atoms with Gasteiger partial charge in [0.05, 0.1) is 6.61 Å². The van der Waals surface area contributed by atoms with Crippen LogP contribution in [0.2, 0.25) is 0 Å². The lowest BCUT2D eigenvalue weighted by Gasteiger charge is -2.24. The Balaban J connectivity index is 2.55. The molecule has 0 spiro atoms. The van der Waals surface area contributed by atoms with E-state index in [4.69, 9.17) is 10.7 Å². The topological polar surface area (TPSA) is 51.0 Å². The van der Waals surface area contributed by atoms with Crippen LogP contribution < -0.4 is 5.90 Å². The molecule has 0 amide bonds. The van der Waals surface area contributed by atoms with Gasteiger partial charge in [0, 0.05) is 22.5 Å². The van der Waals surface area contributed by atoms with E-state index in [1.54, 1.807) is 0 Å². The van der Waals surface area contributed by atoms with E-state index in [9.17, 15) is 0 Å². The lowest BCUT2D eigenvalue weighted by atomic mass is 9.83. The van der Waals surface area contributed by atoms with Gasteiger partial charge in [-0.25, -0.2) is 5.90 Å². The lowest BCUT2D eigenvalue weighted by Crippen LogP contribution is -2.26. The first-order valence-electron chi connectivity index (χ1n) is 5.03. The van der Waals surface area contributed by atoms with E-state index in [0.29, 0.717) is 6.61 Å². The molecule has 0 saturated heterocycles. The molecule has 2 rings (SSSR count). The number of H-pyrrole nitrogens is 1. The highest BCUT2D eigenvalue weighted by Crippen LogP contribution is 2.29. The highest BCUT2D eigenvalue weighted by Gasteiger charge is 2.23. The monoisotopic (exact) mass is 204 g/mol. The van der Waals surface area contributed by atoms with Gasteiger partial charge in [0.1, 0.15) is 0 Å². The Hall–Kier alpha value is -1.32. The number of fused-ring (bicyclic) bond motifs is 1. The van der Waals surface area contributed by atoms with Crippen LogP contribution in [0, 0.1) is 0 Å². The summed E-state index contributed by atoms with van der Waals surface area (Å²) in [4.78, 5) is 7.98. The first-order valence-corrected chi connectivity index (χ1v) is 5.03. The molecule has 3 N–H and O–H groups in total. The molecule has 3 heteroatoms. The van der Waals surface area contributed by atoms with E-state index >= 15 is 0 Å². The summed E-state index contributed by atoms with van der Waals surface area (Å²) in [6, 6.07) is 8.32. The number of aromatic nitrogens is 1. The van der Waals surface area contributed by atoms with Crippen LogP contribution in [0.1, 0.15) is 19.4 Å². The number of hydrogen-bond acceptors (Lipinski definition) is 2. The number of hydrogen-bond donors (Lipinski definition) is 2. The molecule has 0 fully saturated rings. The molecule has 3 nitrogen and oxygen atoms in total. The molecule has 0 atom stereocenters. The minimum atomic E-state index is -0.0730. The second kappa shape index (κ2) is 3.68. The van der Waals surface area contributed by atoms with Crippen molar-refractivity contribution in [3.63, 3.8) is 0 Å². The van der Waals surface area contributed by atoms with Crippen molar-refractivity contribution >= 4 is 10.9 Å². The maximum Gasteiger partial charge on any atom is 0.0770 e. The van der Waals surface area contributed by atoms with Crippen LogP contribution in [0.4, 0.5) is 0 Å². The molecule has 0 radical (unpaired) electrons. The highest BCUT2D eigenvalue weighted by molar-refractivity contribution is 5.83. The molecular formula is C12H16N2O. The van der Waals surface area contributed by atoms with Crippen molar-refractivity contribution in [2.75, 3.05) is 6.61 Å². The van der Waals surface area contributed by atoms with Crippen molar-refractivity contribution in [2.45, 2.75) is 19.3 Å². The normalized spacial score (nSPS) is 12.2. The largest absolute Gasteiger partial charge is 0.361 e. The summed E-state index contributed by atoms with van der Waals surface area (Å²) >= 11 is 0. The Labute approximate surface area is 89.2 Å². The molecule has 80 valence electrons. The van der Waals surface area contributed by atoms with Crippen molar-refractivity contribution in [3.8, 4) is 0 Å². The molecule has 1 aromatic carbocycles. The zero-order chi connectivity index (χ0) is 10.9. The Morgan fingerprint density at radius 2 is 2.13 bits per heavy atom. The zero-order valence-electron chi connectivity index (χ0n) is 9.08. The van der Waals surface area contributed by atoms with Gasteiger partial charge in [-0.3, -0.25) is 0 Å². The molecule has 1 heterocycles. The molecule has 1 aromatic heterocycles. The predicted molar refractivity (Wildman–Crippen MR) is 61.5 cm³/mol. The number of aromatic amines is 1. The molecule has 2 aromatic rings. The molecule has 0 aliphatic heterocycles. The third-order valence-corrected chi connectivity index (χ3v) is 2.77. The van der Waals surface area contributed by atoms with Crippen LogP contribution in [0.25, 0.3) is 10.9 Å². The van der Waals surface area contributed by atoms with Gasteiger partial charge < -0.3 is 9.82 Å². The minimum Gasteiger partial charge on any atom is -0.361 e. The molecule has 0 saturated carbocycles. The lowest BCUT2D eigenvalue weighted by molar-refractivity contribution is 0.0969. The summed E-state index contributed by atoms with van der Waals surface area (Å²) in [7, 11) is 0. The van der Waals surface area contributed by atoms with Gasteiger partial charge in [-0.15, -0.1) is 0 Å². The maximum atomic E-state index is 5.16. The SMILES string of the molecule is CC(C)(CON)c1cccc2[nH]ccc12. The summed E-state index contributed by atoms with van der Waals surface area (Å²) in [5.41, 5.74) is 2.33. The van der Waals surface area contributed by atoms with Gasteiger partial charge in [0.15, 0.2) is 0 Å².